The maximum Gasteiger partial charge on any atom is 0.404 e. The number of nitrogens with zero attached hydrogens (tertiary/aromatic N) is 3. The Morgan fingerprint density at radius 1 is 1.18 bits per heavy atom. The molecule has 4 rings (SSSR count). The molecule has 1 aliphatic rings. The van der Waals surface area contributed by atoms with Crippen molar-refractivity contribution in [3.8, 4) is 12.3 Å². The van der Waals surface area contributed by atoms with Crippen molar-refractivity contribution in [2.75, 3.05) is 18.4 Å². The van der Waals surface area contributed by atoms with Gasteiger partial charge in [-0.1, -0.05) is 35.9 Å². The number of nitrogens with one attached hydrogen (secondary N) is 2. The third kappa shape index (κ3) is 6.27. The number of pyridine rings is 1. The third-order valence-corrected chi connectivity index (χ3v) is 6.57. The fraction of sp³-hybridized carbons (Fsp3) is 0.207. The highest BCUT2D eigenvalue weighted by Crippen LogP contribution is 2.30. The highest BCUT2D eigenvalue weighted by molar-refractivity contribution is 6.31. The quantitative estimate of drug-likeness (QED) is 0.241. The van der Waals surface area contributed by atoms with E-state index in [9.17, 15) is 14.4 Å². The molecule has 3 aromatic rings. The van der Waals surface area contributed by atoms with Gasteiger partial charge in [0.25, 0.3) is 5.91 Å². The van der Waals surface area contributed by atoms with Crippen molar-refractivity contribution in [3.05, 3.63) is 89.0 Å². The van der Waals surface area contributed by atoms with Crippen LogP contribution in [-0.2, 0) is 0 Å². The smallest absolute Gasteiger partial charge is 0.404 e. The van der Waals surface area contributed by atoms with Gasteiger partial charge < -0.3 is 20.6 Å². The van der Waals surface area contributed by atoms with Gasteiger partial charge in [0.05, 0.1) is 34.2 Å². The Morgan fingerprint density at radius 2 is 1.95 bits per heavy atom. The normalized spacial score (nSPS) is 14.8. The zero-order valence-electron chi connectivity index (χ0n) is 21.2. The summed E-state index contributed by atoms with van der Waals surface area (Å²) in [6, 6.07) is 12.7. The van der Waals surface area contributed by atoms with Gasteiger partial charge in [-0.3, -0.25) is 19.6 Å². The topological polar surface area (TPSA) is 124 Å². The predicted octanol–water partition coefficient (Wildman–Crippen LogP) is 4.82. The first-order valence-electron chi connectivity index (χ1n) is 12.3. The third-order valence-electron chi connectivity index (χ3n) is 6.28. The van der Waals surface area contributed by atoms with Crippen LogP contribution in [0.2, 0.25) is 5.02 Å². The van der Waals surface area contributed by atoms with Gasteiger partial charge in [0.1, 0.15) is 6.04 Å². The number of carbonyl (C=O) groups excluding carboxylic acids is 2. The molecule has 2 amide bonds. The Hall–Kier alpha value is -4.75. The molecule has 0 radical (unpaired) electrons. The first-order chi connectivity index (χ1) is 19.3. The number of Topliss-reactive ketones (excluding diaryl/α,β-unsaturated/α-hetero) is 1. The lowest BCUT2D eigenvalue weighted by Crippen LogP contribution is -2.54. The van der Waals surface area contributed by atoms with E-state index in [1.54, 1.807) is 30.3 Å². The summed E-state index contributed by atoms with van der Waals surface area (Å²) >= 11 is 5.96. The van der Waals surface area contributed by atoms with E-state index in [1.165, 1.54) is 35.5 Å². The molecule has 0 saturated carbocycles. The van der Waals surface area contributed by atoms with Crippen molar-refractivity contribution >= 4 is 46.5 Å². The maximum atomic E-state index is 15.0. The molecule has 0 fully saturated rings. The van der Waals surface area contributed by atoms with Crippen LogP contribution in [0, 0.1) is 18.2 Å². The minimum Gasteiger partial charge on any atom is -0.465 e. The molecule has 11 heteroatoms. The Balaban J connectivity index is 1.81. The van der Waals surface area contributed by atoms with E-state index >= 15 is 4.39 Å². The number of aromatic nitrogens is 1. The van der Waals surface area contributed by atoms with Crippen LogP contribution in [0.25, 0.3) is 0 Å². The van der Waals surface area contributed by atoms with Crippen LogP contribution in [0.15, 0.2) is 72.0 Å². The van der Waals surface area contributed by atoms with Gasteiger partial charge in [-0.15, -0.1) is 12.3 Å². The molecular weight excluding hydrogens is 537 g/mol. The Bertz CT molecular complexity index is 1490. The molecule has 0 aliphatic carbocycles. The van der Waals surface area contributed by atoms with Crippen LogP contribution in [-0.4, -0.2) is 63.7 Å². The van der Waals surface area contributed by atoms with Crippen LogP contribution < -0.4 is 10.6 Å². The summed E-state index contributed by atoms with van der Waals surface area (Å²) in [7, 11) is 0. The van der Waals surface area contributed by atoms with Crippen molar-refractivity contribution in [1.29, 1.82) is 0 Å². The highest BCUT2D eigenvalue weighted by Gasteiger charge is 2.39. The second kappa shape index (κ2) is 12.9. The van der Waals surface area contributed by atoms with Crippen LogP contribution in [0.3, 0.4) is 0 Å². The SMILES string of the molecule is C#CCC(C1=Nc2cnccc2C(=O)C1Nc1ccccc1)N(CCCNC(=O)O)C(=O)c1cccc(Cl)c1F. The summed E-state index contributed by atoms with van der Waals surface area (Å²) in [5, 5.41) is 14.2. The number of anilines is 1. The summed E-state index contributed by atoms with van der Waals surface area (Å²) in [5.41, 5.74) is 1.24. The fourth-order valence-corrected chi connectivity index (χ4v) is 4.61. The summed E-state index contributed by atoms with van der Waals surface area (Å²) < 4.78 is 15.0. The average molecular weight is 562 g/mol. The standard InChI is InChI=1S/C29H25ClFN5O4/c1-2-8-23(36(16-7-14-33-29(39)40)28(38)20-11-6-12-21(30)24(20)31)25-26(34-18-9-4-3-5-10-18)27(37)19-13-15-32-17-22(19)35-25/h1,3-6,9-13,15,17,23,26,33-34H,7-8,14,16H2,(H,39,40). The molecule has 2 atom stereocenters. The number of benzene rings is 2. The van der Waals surface area contributed by atoms with Gasteiger partial charge in [-0.25, -0.2) is 9.18 Å². The van der Waals surface area contributed by atoms with Crippen molar-refractivity contribution in [2.45, 2.75) is 24.9 Å². The van der Waals surface area contributed by atoms with E-state index in [4.69, 9.17) is 28.1 Å². The van der Waals surface area contributed by atoms with Gasteiger partial charge in [0.2, 0.25) is 0 Å². The largest absolute Gasteiger partial charge is 0.465 e. The predicted molar refractivity (Wildman–Crippen MR) is 150 cm³/mol. The van der Waals surface area contributed by atoms with Crippen LogP contribution in [0.5, 0.6) is 0 Å². The number of para-hydroxylation sites is 1. The van der Waals surface area contributed by atoms with Crippen LogP contribution in [0.4, 0.5) is 20.6 Å². The molecule has 0 bridgehead atoms. The first-order valence-corrected chi connectivity index (χ1v) is 12.7. The lowest BCUT2D eigenvalue weighted by molar-refractivity contribution is 0.0716. The second-order valence-electron chi connectivity index (χ2n) is 8.85. The van der Waals surface area contributed by atoms with Crippen molar-refractivity contribution < 1.29 is 23.9 Å². The molecule has 9 nitrogen and oxygen atoms in total. The van der Waals surface area contributed by atoms with E-state index in [0.29, 0.717) is 16.9 Å². The fourth-order valence-electron chi connectivity index (χ4n) is 4.44. The summed E-state index contributed by atoms with van der Waals surface area (Å²) in [5.74, 6) is 0.607. The van der Waals surface area contributed by atoms with Crippen LogP contribution in [0.1, 0.15) is 33.6 Å². The summed E-state index contributed by atoms with van der Waals surface area (Å²) in [6.07, 6.45) is 7.57. The van der Waals surface area contributed by atoms with Crippen molar-refractivity contribution in [2.24, 2.45) is 4.99 Å². The zero-order valence-corrected chi connectivity index (χ0v) is 21.9. The highest BCUT2D eigenvalue weighted by atomic mass is 35.5. The summed E-state index contributed by atoms with van der Waals surface area (Å²) in [4.78, 5) is 48.7. The number of fused-ring (bicyclic) bond motifs is 1. The van der Waals surface area contributed by atoms with E-state index in [0.717, 1.165) is 0 Å². The molecule has 1 aromatic heterocycles. The van der Waals surface area contributed by atoms with Crippen molar-refractivity contribution in [3.63, 3.8) is 0 Å². The molecule has 2 heterocycles. The molecule has 3 N–H and O–H groups in total. The number of amides is 2. The van der Waals surface area contributed by atoms with Gasteiger partial charge in [-0.05, 0) is 36.8 Å². The number of carboxylic acid groups (broad SMARTS) is 1. The number of aliphatic imine (C=N–C) groups is 1. The second-order valence-corrected chi connectivity index (χ2v) is 9.25. The Kier molecular flexibility index (Phi) is 9.09. The maximum absolute atomic E-state index is 15.0. The lowest BCUT2D eigenvalue weighted by atomic mass is 9.89. The average Bonchev–Trinajstić information content (AvgIpc) is 2.95. The number of halogens is 2. The Labute approximate surface area is 235 Å². The number of terminal acetylenes is 1. The Morgan fingerprint density at radius 3 is 2.67 bits per heavy atom. The van der Waals surface area contributed by atoms with Crippen LogP contribution >= 0.6 is 11.6 Å². The van der Waals surface area contributed by atoms with Gasteiger partial charge in [0, 0.05) is 37.0 Å². The monoisotopic (exact) mass is 561 g/mol. The molecular formula is C29H25ClFN5O4. The first kappa shape index (κ1) is 28.3. The molecule has 204 valence electrons. The van der Waals surface area contributed by atoms with E-state index < -0.39 is 29.9 Å². The number of ketones is 1. The van der Waals surface area contributed by atoms with Gasteiger partial charge in [0.15, 0.2) is 11.6 Å². The number of rotatable bonds is 10. The van der Waals surface area contributed by atoms with Crippen molar-refractivity contribution in [1.82, 2.24) is 15.2 Å². The molecule has 2 unspecified atom stereocenters. The number of hydrogen-bond acceptors (Lipinski definition) is 6. The summed E-state index contributed by atoms with van der Waals surface area (Å²) in [6.45, 7) is -0.00759. The molecule has 0 spiro atoms. The molecule has 40 heavy (non-hydrogen) atoms. The van der Waals surface area contributed by atoms with E-state index in [-0.39, 0.29) is 48.0 Å². The zero-order chi connectivity index (χ0) is 28.6. The van der Waals surface area contributed by atoms with Gasteiger partial charge in [-0.2, -0.15) is 0 Å². The molecule has 1 aliphatic heterocycles. The number of carbonyl (C=O) groups is 3. The minimum atomic E-state index is -1.22. The lowest BCUT2D eigenvalue weighted by Gasteiger charge is -2.36. The van der Waals surface area contributed by atoms with E-state index in [2.05, 4.69) is 21.5 Å². The molecule has 0 saturated heterocycles. The number of hydrogen-bond donors (Lipinski definition) is 3. The molecule has 2 aromatic carbocycles. The van der Waals surface area contributed by atoms with E-state index in [1.807, 2.05) is 6.07 Å². The minimum absolute atomic E-state index is 0.0176. The van der Waals surface area contributed by atoms with Gasteiger partial charge >= 0.3 is 6.09 Å².